The van der Waals surface area contributed by atoms with E-state index in [9.17, 15) is 0 Å². The summed E-state index contributed by atoms with van der Waals surface area (Å²) in [6.45, 7) is 3.30. The van der Waals surface area contributed by atoms with Crippen molar-refractivity contribution in [2.75, 3.05) is 18.4 Å². The first-order valence-corrected chi connectivity index (χ1v) is 7.07. The predicted molar refractivity (Wildman–Crippen MR) is 83.6 cm³/mol. The van der Waals surface area contributed by atoms with Crippen LogP contribution in [0.3, 0.4) is 0 Å². The van der Waals surface area contributed by atoms with Gasteiger partial charge in [-0.3, -0.25) is 0 Å². The number of anilines is 1. The van der Waals surface area contributed by atoms with Crippen LogP contribution >= 0.6 is 11.6 Å². The third-order valence-electron chi connectivity index (χ3n) is 3.56. The molecule has 2 aromatic rings. The summed E-state index contributed by atoms with van der Waals surface area (Å²) in [6, 6.07) is 12.0. The number of ether oxygens (including phenoxy) is 1. The van der Waals surface area contributed by atoms with Crippen LogP contribution < -0.4 is 15.8 Å². The third kappa shape index (κ3) is 2.35. The van der Waals surface area contributed by atoms with Gasteiger partial charge in [-0.05, 0) is 36.2 Å². The highest BCUT2D eigenvalue weighted by molar-refractivity contribution is 6.30. The van der Waals surface area contributed by atoms with Gasteiger partial charge in [0.1, 0.15) is 6.10 Å². The van der Waals surface area contributed by atoms with Crippen molar-refractivity contribution in [1.29, 1.82) is 0 Å². The molecule has 0 radical (unpaired) electrons. The van der Waals surface area contributed by atoms with E-state index in [1.165, 1.54) is 0 Å². The van der Waals surface area contributed by atoms with Crippen LogP contribution in [0.5, 0.6) is 5.75 Å². The number of aryl methyl sites for hydroxylation is 1. The Morgan fingerprint density at radius 2 is 2.15 bits per heavy atom. The minimum Gasteiger partial charge on any atom is -0.484 e. The van der Waals surface area contributed by atoms with Gasteiger partial charge in [0.2, 0.25) is 0 Å². The zero-order valence-corrected chi connectivity index (χ0v) is 12.1. The largest absolute Gasteiger partial charge is 0.484 e. The van der Waals surface area contributed by atoms with Crippen LogP contribution in [0.1, 0.15) is 5.56 Å². The second-order valence-electron chi connectivity index (χ2n) is 5.00. The molecule has 1 aliphatic heterocycles. The van der Waals surface area contributed by atoms with Gasteiger partial charge in [-0.25, -0.2) is 0 Å². The molecule has 1 aliphatic rings. The van der Waals surface area contributed by atoms with Gasteiger partial charge in [0.05, 0.1) is 12.2 Å². The summed E-state index contributed by atoms with van der Waals surface area (Å²) < 4.78 is 6.03. The number of fused-ring (bicyclic) bond motifs is 1. The summed E-state index contributed by atoms with van der Waals surface area (Å²) in [5.41, 5.74) is 10.1. The number of hydrogen-bond donors (Lipinski definition) is 2. The second kappa shape index (κ2) is 5.35. The SMILES string of the molecule is Cc1cc(Cl)ccc1-c1cccc2c1O[C@H](CN)CN2. The van der Waals surface area contributed by atoms with Crippen molar-refractivity contribution in [1.82, 2.24) is 0 Å². The van der Waals surface area contributed by atoms with Gasteiger partial charge >= 0.3 is 0 Å². The summed E-state index contributed by atoms with van der Waals surface area (Å²) in [4.78, 5) is 0. The van der Waals surface area contributed by atoms with Crippen molar-refractivity contribution in [3.8, 4) is 16.9 Å². The summed E-state index contributed by atoms with van der Waals surface area (Å²) in [7, 11) is 0. The Hall–Kier alpha value is -1.71. The standard InChI is InChI=1S/C16H17ClN2O/c1-10-7-11(17)5-6-13(10)14-3-2-4-15-16(14)20-12(8-18)9-19-15/h2-7,12,19H,8-9,18H2,1H3/t12-/m1/s1. The van der Waals surface area contributed by atoms with Crippen LogP contribution in [0, 0.1) is 6.92 Å². The lowest BCUT2D eigenvalue weighted by molar-refractivity contribution is 0.215. The lowest BCUT2D eigenvalue weighted by Crippen LogP contribution is -2.37. The number of para-hydroxylation sites is 1. The summed E-state index contributed by atoms with van der Waals surface area (Å²) in [5.74, 6) is 0.875. The maximum absolute atomic E-state index is 6.03. The number of nitrogens with one attached hydrogen (secondary N) is 1. The van der Waals surface area contributed by atoms with E-state index in [0.29, 0.717) is 6.54 Å². The molecule has 0 aromatic heterocycles. The first-order valence-electron chi connectivity index (χ1n) is 6.69. The Labute approximate surface area is 123 Å². The van der Waals surface area contributed by atoms with Crippen molar-refractivity contribution >= 4 is 17.3 Å². The average Bonchev–Trinajstić information content (AvgIpc) is 2.46. The minimum absolute atomic E-state index is 0.0104. The van der Waals surface area contributed by atoms with Crippen LogP contribution in [0.4, 0.5) is 5.69 Å². The van der Waals surface area contributed by atoms with Crippen molar-refractivity contribution in [2.45, 2.75) is 13.0 Å². The number of halogens is 1. The van der Waals surface area contributed by atoms with Crippen molar-refractivity contribution in [3.05, 3.63) is 47.0 Å². The fourth-order valence-corrected chi connectivity index (χ4v) is 2.73. The Bertz CT molecular complexity index is 642. The molecule has 0 saturated carbocycles. The third-order valence-corrected chi connectivity index (χ3v) is 3.80. The molecule has 1 heterocycles. The van der Waals surface area contributed by atoms with E-state index >= 15 is 0 Å². The summed E-state index contributed by atoms with van der Waals surface area (Å²) in [6.07, 6.45) is 0.0104. The first-order chi connectivity index (χ1) is 9.69. The van der Waals surface area contributed by atoms with E-state index in [-0.39, 0.29) is 6.10 Å². The zero-order chi connectivity index (χ0) is 14.1. The highest BCUT2D eigenvalue weighted by Crippen LogP contribution is 2.40. The molecule has 0 spiro atoms. The molecule has 0 amide bonds. The molecular weight excluding hydrogens is 272 g/mol. The van der Waals surface area contributed by atoms with Crippen molar-refractivity contribution in [2.24, 2.45) is 5.73 Å². The number of rotatable bonds is 2. The van der Waals surface area contributed by atoms with E-state index in [1.807, 2.05) is 30.3 Å². The molecule has 0 aliphatic carbocycles. The summed E-state index contributed by atoms with van der Waals surface area (Å²) in [5, 5.41) is 4.12. The molecule has 3 rings (SSSR count). The zero-order valence-electron chi connectivity index (χ0n) is 11.3. The molecule has 0 saturated heterocycles. The molecule has 0 bridgehead atoms. The molecule has 3 N–H and O–H groups in total. The van der Waals surface area contributed by atoms with Crippen LogP contribution in [0.2, 0.25) is 5.02 Å². The van der Waals surface area contributed by atoms with Gasteiger partial charge in [0, 0.05) is 17.1 Å². The van der Waals surface area contributed by atoms with E-state index in [0.717, 1.165) is 39.7 Å². The fraction of sp³-hybridized carbons (Fsp3) is 0.250. The second-order valence-corrected chi connectivity index (χ2v) is 5.43. The Morgan fingerprint density at radius 1 is 1.30 bits per heavy atom. The topological polar surface area (TPSA) is 47.3 Å². The maximum Gasteiger partial charge on any atom is 0.150 e. The molecule has 2 aromatic carbocycles. The van der Waals surface area contributed by atoms with Gasteiger partial charge in [-0.2, -0.15) is 0 Å². The van der Waals surface area contributed by atoms with E-state index in [4.69, 9.17) is 22.1 Å². The maximum atomic E-state index is 6.03. The first kappa shape index (κ1) is 13.3. The number of benzene rings is 2. The molecule has 1 atom stereocenters. The van der Waals surface area contributed by atoms with Crippen molar-refractivity contribution in [3.63, 3.8) is 0 Å². The molecule has 0 fully saturated rings. The Morgan fingerprint density at radius 3 is 2.90 bits per heavy atom. The Kier molecular flexibility index (Phi) is 3.55. The van der Waals surface area contributed by atoms with E-state index < -0.39 is 0 Å². The van der Waals surface area contributed by atoms with Gasteiger partial charge in [0.25, 0.3) is 0 Å². The minimum atomic E-state index is 0.0104. The van der Waals surface area contributed by atoms with Crippen LogP contribution in [-0.4, -0.2) is 19.2 Å². The normalized spacial score (nSPS) is 17.1. The quantitative estimate of drug-likeness (QED) is 0.890. The monoisotopic (exact) mass is 288 g/mol. The molecule has 4 heteroatoms. The van der Waals surface area contributed by atoms with E-state index in [1.54, 1.807) is 0 Å². The molecule has 0 unspecified atom stereocenters. The highest BCUT2D eigenvalue weighted by Gasteiger charge is 2.21. The average molecular weight is 289 g/mol. The van der Waals surface area contributed by atoms with Crippen LogP contribution in [0.15, 0.2) is 36.4 Å². The van der Waals surface area contributed by atoms with Gasteiger partial charge in [-0.15, -0.1) is 0 Å². The predicted octanol–water partition coefficient (Wildman–Crippen LogP) is 3.45. The van der Waals surface area contributed by atoms with Crippen molar-refractivity contribution < 1.29 is 4.74 Å². The number of nitrogens with two attached hydrogens (primary N) is 1. The molecule has 20 heavy (non-hydrogen) atoms. The highest BCUT2D eigenvalue weighted by atomic mass is 35.5. The molecular formula is C16H17ClN2O. The van der Waals surface area contributed by atoms with Gasteiger partial charge < -0.3 is 15.8 Å². The van der Waals surface area contributed by atoms with Crippen LogP contribution in [0.25, 0.3) is 11.1 Å². The van der Waals surface area contributed by atoms with E-state index in [2.05, 4.69) is 18.3 Å². The smallest absolute Gasteiger partial charge is 0.150 e. The van der Waals surface area contributed by atoms with Crippen LogP contribution in [-0.2, 0) is 0 Å². The molecule has 104 valence electrons. The lowest BCUT2D eigenvalue weighted by atomic mass is 9.98. The number of hydrogen-bond acceptors (Lipinski definition) is 3. The van der Waals surface area contributed by atoms with Gasteiger partial charge in [-0.1, -0.05) is 29.8 Å². The molecule has 3 nitrogen and oxygen atoms in total. The summed E-state index contributed by atoms with van der Waals surface area (Å²) >= 11 is 6.03. The lowest BCUT2D eigenvalue weighted by Gasteiger charge is -2.28. The Balaban J connectivity index is 2.10. The fourth-order valence-electron chi connectivity index (χ4n) is 2.51. The van der Waals surface area contributed by atoms with Gasteiger partial charge in [0.15, 0.2) is 5.75 Å².